The van der Waals surface area contributed by atoms with Gasteiger partial charge in [0.05, 0.1) is 5.75 Å². The number of hydrogen-bond donors (Lipinski definition) is 1. The van der Waals surface area contributed by atoms with E-state index in [1.165, 1.54) is 36.6 Å². The van der Waals surface area contributed by atoms with Gasteiger partial charge in [-0.1, -0.05) is 43.3 Å². The van der Waals surface area contributed by atoms with Gasteiger partial charge in [0.1, 0.15) is 5.82 Å². The monoisotopic (exact) mass is 390 g/mol. The van der Waals surface area contributed by atoms with E-state index in [0.29, 0.717) is 5.56 Å². The van der Waals surface area contributed by atoms with Crippen LogP contribution >= 0.6 is 0 Å². The van der Waals surface area contributed by atoms with E-state index >= 15 is 0 Å². The Bertz CT molecular complexity index is 845. The maximum absolute atomic E-state index is 13.2. The maximum atomic E-state index is 13.2. The first-order chi connectivity index (χ1) is 12.9. The van der Waals surface area contributed by atoms with Crippen molar-refractivity contribution in [2.75, 3.05) is 13.1 Å². The van der Waals surface area contributed by atoms with E-state index in [-0.39, 0.29) is 12.3 Å². The third-order valence-corrected chi connectivity index (χ3v) is 6.34. The summed E-state index contributed by atoms with van der Waals surface area (Å²) in [6.45, 7) is 5.77. The van der Waals surface area contributed by atoms with Crippen LogP contribution in [0.2, 0.25) is 0 Å². The molecule has 2 aromatic carbocycles. The fourth-order valence-electron chi connectivity index (χ4n) is 3.33. The first kappa shape index (κ1) is 20.0. The molecular weight excluding hydrogens is 363 g/mol. The predicted molar refractivity (Wildman–Crippen MR) is 106 cm³/mol. The molecule has 0 spiro atoms. The Morgan fingerprint density at radius 3 is 2.37 bits per heavy atom. The van der Waals surface area contributed by atoms with E-state index < -0.39 is 15.8 Å². The van der Waals surface area contributed by atoms with Gasteiger partial charge >= 0.3 is 0 Å². The Kier molecular flexibility index (Phi) is 6.63. The molecule has 1 N–H and O–H groups in total. The van der Waals surface area contributed by atoms with Crippen LogP contribution in [0, 0.1) is 11.7 Å². The smallest absolute Gasteiger partial charge is 0.216 e. The van der Waals surface area contributed by atoms with E-state index in [2.05, 4.69) is 28.7 Å². The molecule has 0 atom stereocenters. The van der Waals surface area contributed by atoms with Gasteiger partial charge in [-0.25, -0.2) is 17.5 Å². The van der Waals surface area contributed by atoms with Gasteiger partial charge in [0.25, 0.3) is 0 Å². The van der Waals surface area contributed by atoms with E-state index in [1.54, 1.807) is 6.07 Å². The number of benzene rings is 2. The Balaban J connectivity index is 1.50. The molecule has 3 rings (SSSR count). The fraction of sp³-hybridized carbons (Fsp3) is 0.429. The molecule has 1 aliphatic rings. The van der Waals surface area contributed by atoms with Gasteiger partial charge in [0.2, 0.25) is 10.0 Å². The van der Waals surface area contributed by atoms with Gasteiger partial charge in [-0.05, 0) is 60.7 Å². The van der Waals surface area contributed by atoms with Crippen molar-refractivity contribution in [3.8, 4) is 0 Å². The predicted octanol–water partition coefficient (Wildman–Crippen LogP) is 3.68. The highest BCUT2D eigenvalue weighted by Crippen LogP contribution is 2.18. The molecule has 1 fully saturated rings. The zero-order chi connectivity index (χ0) is 19.3. The van der Waals surface area contributed by atoms with Crippen molar-refractivity contribution in [3.63, 3.8) is 0 Å². The average molecular weight is 391 g/mol. The number of rotatable bonds is 7. The molecule has 0 bridgehead atoms. The van der Waals surface area contributed by atoms with Crippen LogP contribution in [0.3, 0.4) is 0 Å². The second-order valence-corrected chi connectivity index (χ2v) is 9.29. The summed E-state index contributed by atoms with van der Waals surface area (Å²) in [5, 5.41) is 0. The minimum absolute atomic E-state index is 0.226. The summed E-state index contributed by atoms with van der Waals surface area (Å²) in [6, 6.07) is 13.7. The van der Waals surface area contributed by atoms with Crippen molar-refractivity contribution in [2.24, 2.45) is 5.92 Å². The van der Waals surface area contributed by atoms with Crippen LogP contribution in [0.1, 0.15) is 36.5 Å². The number of sulfonamides is 1. The molecule has 0 aromatic heterocycles. The summed E-state index contributed by atoms with van der Waals surface area (Å²) in [5.41, 5.74) is 2.60. The molecule has 1 saturated heterocycles. The van der Waals surface area contributed by atoms with Crippen LogP contribution in [0.5, 0.6) is 0 Å². The highest BCUT2D eigenvalue weighted by molar-refractivity contribution is 7.88. The normalized spacial score (nSPS) is 16.5. The number of nitrogens with one attached hydrogen (secondary N) is 1. The third kappa shape index (κ3) is 6.41. The van der Waals surface area contributed by atoms with Crippen LogP contribution in [0.25, 0.3) is 0 Å². The van der Waals surface area contributed by atoms with Gasteiger partial charge in [0.15, 0.2) is 0 Å². The molecule has 0 unspecified atom stereocenters. The van der Waals surface area contributed by atoms with Crippen molar-refractivity contribution in [2.45, 2.75) is 38.6 Å². The lowest BCUT2D eigenvalue weighted by atomic mass is 9.99. The summed E-state index contributed by atoms with van der Waals surface area (Å²) in [6.07, 6.45) is 2.51. The molecule has 0 amide bonds. The molecule has 1 heterocycles. The molecule has 1 aliphatic heterocycles. The highest BCUT2D eigenvalue weighted by Gasteiger charge is 2.16. The fourth-order valence-corrected chi connectivity index (χ4v) is 4.44. The third-order valence-electron chi connectivity index (χ3n) is 5.05. The Morgan fingerprint density at radius 1 is 1.04 bits per heavy atom. The number of hydrogen-bond acceptors (Lipinski definition) is 3. The average Bonchev–Trinajstić information content (AvgIpc) is 2.63. The lowest BCUT2D eigenvalue weighted by Crippen LogP contribution is -2.32. The van der Waals surface area contributed by atoms with Gasteiger partial charge in [-0.2, -0.15) is 0 Å². The Morgan fingerprint density at radius 2 is 1.70 bits per heavy atom. The summed E-state index contributed by atoms with van der Waals surface area (Å²) in [7, 11) is -3.51. The lowest BCUT2D eigenvalue weighted by Gasteiger charge is -2.30. The standard InChI is InChI=1S/C21H27FN2O2S/c1-17-9-11-24(12-10-17)15-19-7-5-18(6-8-19)14-23-27(25,26)16-20-3-2-4-21(22)13-20/h2-8,13,17,23H,9-12,14-16H2,1H3. The topological polar surface area (TPSA) is 49.4 Å². The summed E-state index contributed by atoms with van der Waals surface area (Å²) in [4.78, 5) is 2.47. The van der Waals surface area contributed by atoms with Gasteiger partial charge in [-0.3, -0.25) is 4.90 Å². The highest BCUT2D eigenvalue weighted by atomic mass is 32.2. The maximum Gasteiger partial charge on any atom is 0.216 e. The van der Waals surface area contributed by atoms with Gasteiger partial charge in [0, 0.05) is 13.1 Å². The number of likely N-dealkylation sites (tertiary alicyclic amines) is 1. The van der Waals surface area contributed by atoms with E-state index in [4.69, 9.17) is 0 Å². The molecule has 4 nitrogen and oxygen atoms in total. The number of piperidine rings is 1. The number of halogens is 1. The molecule has 146 valence electrons. The first-order valence-electron chi connectivity index (χ1n) is 9.41. The van der Waals surface area contributed by atoms with Crippen molar-refractivity contribution in [1.29, 1.82) is 0 Å². The summed E-state index contributed by atoms with van der Waals surface area (Å²) >= 11 is 0. The second kappa shape index (κ2) is 8.95. The lowest BCUT2D eigenvalue weighted by molar-refractivity contribution is 0.185. The van der Waals surface area contributed by atoms with Crippen molar-refractivity contribution in [1.82, 2.24) is 9.62 Å². The van der Waals surface area contributed by atoms with E-state index in [0.717, 1.165) is 31.1 Å². The van der Waals surface area contributed by atoms with Gasteiger partial charge in [-0.15, -0.1) is 0 Å². The van der Waals surface area contributed by atoms with E-state index in [1.807, 2.05) is 12.1 Å². The quantitative estimate of drug-likeness (QED) is 0.785. The number of nitrogens with zero attached hydrogens (tertiary/aromatic N) is 1. The summed E-state index contributed by atoms with van der Waals surface area (Å²) in [5.74, 6) is 0.168. The second-order valence-electron chi connectivity index (χ2n) is 7.49. The van der Waals surface area contributed by atoms with Crippen LogP contribution in [0.4, 0.5) is 4.39 Å². The van der Waals surface area contributed by atoms with Crippen LogP contribution < -0.4 is 4.72 Å². The minimum Gasteiger partial charge on any atom is -0.299 e. The molecule has 0 aliphatic carbocycles. The SMILES string of the molecule is CC1CCN(Cc2ccc(CNS(=O)(=O)Cc3cccc(F)c3)cc2)CC1. The van der Waals surface area contributed by atoms with Crippen LogP contribution in [-0.4, -0.2) is 26.4 Å². The molecule has 2 aromatic rings. The van der Waals surface area contributed by atoms with Crippen molar-refractivity contribution in [3.05, 3.63) is 71.0 Å². The first-order valence-corrected chi connectivity index (χ1v) is 11.1. The van der Waals surface area contributed by atoms with Crippen LogP contribution in [0.15, 0.2) is 48.5 Å². The molecular formula is C21H27FN2O2S. The summed E-state index contributed by atoms with van der Waals surface area (Å²) < 4.78 is 40.2. The van der Waals surface area contributed by atoms with Crippen molar-refractivity contribution < 1.29 is 12.8 Å². The van der Waals surface area contributed by atoms with Crippen LogP contribution in [-0.2, 0) is 28.9 Å². The molecule has 6 heteroatoms. The molecule has 27 heavy (non-hydrogen) atoms. The zero-order valence-corrected chi connectivity index (χ0v) is 16.5. The Hall–Kier alpha value is -1.76. The molecule has 0 saturated carbocycles. The zero-order valence-electron chi connectivity index (χ0n) is 15.7. The van der Waals surface area contributed by atoms with Gasteiger partial charge < -0.3 is 0 Å². The largest absolute Gasteiger partial charge is 0.299 e. The minimum atomic E-state index is -3.51. The Labute approximate surface area is 161 Å². The molecule has 0 radical (unpaired) electrons. The van der Waals surface area contributed by atoms with Crippen molar-refractivity contribution >= 4 is 10.0 Å². The van der Waals surface area contributed by atoms with E-state index in [9.17, 15) is 12.8 Å².